The highest BCUT2D eigenvalue weighted by Gasteiger charge is 2.04. The number of hydrogen-bond donors (Lipinski definition) is 2. The minimum absolute atomic E-state index is 0.293. The molecule has 1 aromatic carbocycles. The maximum atomic E-state index is 9.79. The van der Waals surface area contributed by atoms with Crippen LogP contribution in [0.5, 0.6) is 5.75 Å². The molecule has 0 atom stereocenters. The van der Waals surface area contributed by atoms with Gasteiger partial charge in [-0.15, -0.1) is 0 Å². The Morgan fingerprint density at radius 1 is 1.35 bits per heavy atom. The number of rotatable bonds is 4. The Kier molecular flexibility index (Phi) is 3.81. The summed E-state index contributed by atoms with van der Waals surface area (Å²) in [6.07, 6.45) is 1.91. The largest absolute Gasteiger partial charge is 0.506 e. The molecule has 0 spiro atoms. The van der Waals surface area contributed by atoms with Crippen molar-refractivity contribution in [3.63, 3.8) is 0 Å². The predicted octanol–water partition coefficient (Wildman–Crippen LogP) is 2.18. The molecule has 17 heavy (non-hydrogen) atoms. The van der Waals surface area contributed by atoms with Crippen LogP contribution >= 0.6 is 15.9 Å². The van der Waals surface area contributed by atoms with E-state index in [2.05, 4.69) is 26.3 Å². The molecule has 2 rings (SSSR count). The van der Waals surface area contributed by atoms with Crippen LogP contribution in [-0.4, -0.2) is 14.9 Å². The molecule has 1 aromatic heterocycles. The van der Waals surface area contributed by atoms with Crippen LogP contribution in [0.25, 0.3) is 0 Å². The van der Waals surface area contributed by atoms with Gasteiger partial charge < -0.3 is 10.4 Å². The van der Waals surface area contributed by atoms with E-state index < -0.39 is 0 Å². The summed E-state index contributed by atoms with van der Waals surface area (Å²) in [5.41, 5.74) is 1.86. The average Bonchev–Trinajstić information content (AvgIpc) is 2.70. The third-order valence-electron chi connectivity index (χ3n) is 2.46. The number of aromatic hydroxyl groups is 1. The van der Waals surface area contributed by atoms with Crippen molar-refractivity contribution in [1.29, 1.82) is 0 Å². The van der Waals surface area contributed by atoms with Crippen molar-refractivity contribution in [3.05, 3.63) is 46.2 Å². The van der Waals surface area contributed by atoms with Crippen molar-refractivity contribution in [1.82, 2.24) is 15.1 Å². The third-order valence-corrected chi connectivity index (χ3v) is 3.10. The van der Waals surface area contributed by atoms with Crippen LogP contribution in [0, 0.1) is 0 Å². The molecule has 0 fully saturated rings. The lowest BCUT2D eigenvalue weighted by Gasteiger charge is -2.06. The van der Waals surface area contributed by atoms with E-state index in [9.17, 15) is 5.11 Å². The Morgan fingerprint density at radius 3 is 2.88 bits per heavy atom. The smallest absolute Gasteiger partial charge is 0.134 e. The molecule has 4 nitrogen and oxygen atoms in total. The Morgan fingerprint density at radius 2 is 2.18 bits per heavy atom. The molecule has 1 heterocycles. The summed E-state index contributed by atoms with van der Waals surface area (Å²) in [4.78, 5) is 0. The van der Waals surface area contributed by atoms with E-state index in [0.29, 0.717) is 18.8 Å². The summed E-state index contributed by atoms with van der Waals surface area (Å²) in [5, 5.41) is 17.3. The number of halogens is 1. The Hall–Kier alpha value is -1.33. The van der Waals surface area contributed by atoms with Gasteiger partial charge in [-0.25, -0.2) is 0 Å². The van der Waals surface area contributed by atoms with Crippen molar-refractivity contribution < 1.29 is 5.11 Å². The van der Waals surface area contributed by atoms with Crippen molar-refractivity contribution in [2.75, 3.05) is 0 Å². The van der Waals surface area contributed by atoms with Gasteiger partial charge in [0.05, 0.1) is 10.2 Å². The van der Waals surface area contributed by atoms with Gasteiger partial charge in [-0.3, -0.25) is 4.68 Å². The Balaban J connectivity index is 1.92. The molecule has 0 aliphatic heterocycles. The number of aromatic nitrogens is 2. The maximum Gasteiger partial charge on any atom is 0.134 e. The lowest BCUT2D eigenvalue weighted by Crippen LogP contribution is -2.13. The summed E-state index contributed by atoms with van der Waals surface area (Å²) < 4.78 is 2.49. The monoisotopic (exact) mass is 295 g/mol. The molecular formula is C12H14BrN3O. The van der Waals surface area contributed by atoms with E-state index in [0.717, 1.165) is 15.7 Å². The molecule has 5 heteroatoms. The van der Waals surface area contributed by atoms with Crippen LogP contribution in [0.3, 0.4) is 0 Å². The summed E-state index contributed by atoms with van der Waals surface area (Å²) in [5.74, 6) is 0.293. The standard InChI is InChI=1S/C12H14BrN3O/c1-16-6-5-10(15-16)8-14-7-9-3-2-4-11(13)12(9)17/h2-6,14,17H,7-8H2,1H3. The van der Waals surface area contributed by atoms with Gasteiger partial charge in [0.1, 0.15) is 5.75 Å². The van der Waals surface area contributed by atoms with Gasteiger partial charge in [0.15, 0.2) is 0 Å². The van der Waals surface area contributed by atoms with E-state index in [1.54, 1.807) is 4.68 Å². The molecule has 0 radical (unpaired) electrons. The van der Waals surface area contributed by atoms with Gasteiger partial charge >= 0.3 is 0 Å². The summed E-state index contributed by atoms with van der Waals surface area (Å²) in [6.45, 7) is 1.30. The number of hydrogen-bond acceptors (Lipinski definition) is 3. The highest BCUT2D eigenvalue weighted by Crippen LogP contribution is 2.27. The second-order valence-corrected chi connectivity index (χ2v) is 4.69. The van der Waals surface area contributed by atoms with Crippen molar-refractivity contribution >= 4 is 15.9 Å². The average molecular weight is 296 g/mol. The number of nitrogens with one attached hydrogen (secondary N) is 1. The van der Waals surface area contributed by atoms with E-state index >= 15 is 0 Å². The summed E-state index contributed by atoms with van der Waals surface area (Å²) >= 11 is 3.29. The highest BCUT2D eigenvalue weighted by molar-refractivity contribution is 9.10. The first-order chi connectivity index (χ1) is 8.16. The number of phenolic OH excluding ortho intramolecular Hbond substituents is 1. The molecule has 0 unspecified atom stereocenters. The molecule has 0 aliphatic carbocycles. The zero-order valence-corrected chi connectivity index (χ0v) is 11.1. The zero-order valence-electron chi connectivity index (χ0n) is 9.52. The fourth-order valence-corrected chi connectivity index (χ4v) is 1.99. The topological polar surface area (TPSA) is 50.1 Å². The third kappa shape index (κ3) is 3.08. The van der Waals surface area contributed by atoms with Gasteiger partial charge in [0.25, 0.3) is 0 Å². The Bertz CT molecular complexity index is 510. The molecule has 0 amide bonds. The van der Waals surface area contributed by atoms with Crippen LogP contribution < -0.4 is 5.32 Å². The van der Waals surface area contributed by atoms with Gasteiger partial charge in [-0.05, 0) is 28.1 Å². The number of benzene rings is 1. The zero-order chi connectivity index (χ0) is 12.3. The van der Waals surface area contributed by atoms with Crippen molar-refractivity contribution in [3.8, 4) is 5.75 Å². The van der Waals surface area contributed by atoms with Gasteiger partial charge in [0.2, 0.25) is 0 Å². The molecule has 90 valence electrons. The second kappa shape index (κ2) is 5.33. The van der Waals surface area contributed by atoms with Crippen LogP contribution in [0.15, 0.2) is 34.9 Å². The Labute approximate surface area is 108 Å². The minimum atomic E-state index is 0.293. The number of nitrogens with zero attached hydrogens (tertiary/aromatic N) is 2. The van der Waals surface area contributed by atoms with Crippen LogP contribution in [0.2, 0.25) is 0 Å². The van der Waals surface area contributed by atoms with E-state index in [-0.39, 0.29) is 0 Å². The summed E-state index contributed by atoms with van der Waals surface area (Å²) in [7, 11) is 1.89. The molecule has 0 saturated heterocycles. The molecule has 0 saturated carbocycles. The molecule has 2 aromatic rings. The first-order valence-electron chi connectivity index (χ1n) is 5.32. The van der Waals surface area contributed by atoms with Gasteiger partial charge in [-0.2, -0.15) is 5.10 Å². The van der Waals surface area contributed by atoms with Crippen LogP contribution in [-0.2, 0) is 20.1 Å². The highest BCUT2D eigenvalue weighted by atomic mass is 79.9. The summed E-state index contributed by atoms with van der Waals surface area (Å²) in [6, 6.07) is 7.58. The second-order valence-electron chi connectivity index (χ2n) is 3.83. The lowest BCUT2D eigenvalue weighted by atomic mass is 10.2. The van der Waals surface area contributed by atoms with Gasteiger partial charge in [-0.1, -0.05) is 12.1 Å². The van der Waals surface area contributed by atoms with Crippen molar-refractivity contribution in [2.24, 2.45) is 7.05 Å². The number of para-hydroxylation sites is 1. The van der Waals surface area contributed by atoms with Gasteiger partial charge in [0, 0.05) is 31.9 Å². The first kappa shape index (κ1) is 12.1. The van der Waals surface area contributed by atoms with Crippen LogP contribution in [0.1, 0.15) is 11.3 Å². The maximum absolute atomic E-state index is 9.79. The molecule has 2 N–H and O–H groups in total. The lowest BCUT2D eigenvalue weighted by molar-refractivity contribution is 0.460. The van der Waals surface area contributed by atoms with E-state index in [1.807, 2.05) is 37.5 Å². The van der Waals surface area contributed by atoms with E-state index in [1.165, 1.54) is 0 Å². The SMILES string of the molecule is Cn1ccc(CNCc2cccc(Br)c2O)n1. The van der Waals surface area contributed by atoms with E-state index in [4.69, 9.17) is 0 Å². The number of aryl methyl sites for hydroxylation is 1. The first-order valence-corrected chi connectivity index (χ1v) is 6.11. The number of phenols is 1. The normalized spacial score (nSPS) is 10.7. The molecule has 0 bridgehead atoms. The van der Waals surface area contributed by atoms with Crippen LogP contribution in [0.4, 0.5) is 0 Å². The fourth-order valence-electron chi connectivity index (χ4n) is 1.59. The fraction of sp³-hybridized carbons (Fsp3) is 0.250. The quantitative estimate of drug-likeness (QED) is 0.909. The predicted molar refractivity (Wildman–Crippen MR) is 69.6 cm³/mol. The minimum Gasteiger partial charge on any atom is -0.506 e. The molecular weight excluding hydrogens is 282 g/mol. The molecule has 0 aliphatic rings. The van der Waals surface area contributed by atoms with Crippen molar-refractivity contribution in [2.45, 2.75) is 13.1 Å².